The van der Waals surface area contributed by atoms with Gasteiger partial charge in [0.05, 0.1) is 37.5 Å². The van der Waals surface area contributed by atoms with Crippen LogP contribution in [0.2, 0.25) is 0 Å². The molecule has 0 spiro atoms. The number of rotatable bonds is 51. The largest absolute Gasteiger partial charge is 0.508 e. The summed E-state index contributed by atoms with van der Waals surface area (Å²) in [4.78, 5) is 246. The quantitative estimate of drug-likeness (QED) is 0.0120. The van der Waals surface area contributed by atoms with E-state index in [4.69, 9.17) is 33.8 Å². The van der Waals surface area contributed by atoms with Gasteiger partial charge in [-0.1, -0.05) is 84.4 Å². The molecule has 0 unspecified atom stereocenters. The number of nitrogens with one attached hydrogen (secondary N) is 13. The maximum absolute atomic E-state index is 14.8. The molecule has 25 N–H and O–H groups in total. The number of aliphatic hydroxyl groups is 2. The number of likely N-dealkylation sites (tertiary alicyclic amines) is 1. The number of carbonyl (C=O) groups excluding carboxylic acids is 14. The Labute approximate surface area is 751 Å². The highest BCUT2D eigenvalue weighted by molar-refractivity contribution is 7.98. The Morgan fingerprint density at radius 2 is 1.12 bits per heavy atom. The van der Waals surface area contributed by atoms with Crippen molar-refractivity contribution >= 4 is 146 Å². The summed E-state index contributed by atoms with van der Waals surface area (Å²) in [7, 11) is 0. The minimum Gasteiger partial charge on any atom is -0.508 e. The molecule has 3 aromatic rings. The van der Waals surface area contributed by atoms with Crippen LogP contribution in [0.15, 0.2) is 94.1 Å². The van der Waals surface area contributed by atoms with E-state index < -0.39 is 223 Å². The first-order chi connectivity index (χ1) is 61.0. The topological polar surface area (TPSA) is 679 Å². The molecule has 14 atom stereocenters. The number of primary amides is 2. The molecule has 3 aromatic carbocycles. The van der Waals surface area contributed by atoms with Crippen LogP contribution in [0.4, 0.5) is 5.69 Å². The molecule has 2 heterocycles. The summed E-state index contributed by atoms with van der Waals surface area (Å²) < 4.78 is 5.90. The van der Waals surface area contributed by atoms with Crippen LogP contribution < -0.4 is 91.7 Å². The summed E-state index contributed by atoms with van der Waals surface area (Å²) in [6.07, 6.45) is -2.89. The van der Waals surface area contributed by atoms with E-state index in [9.17, 15) is 117 Å². The van der Waals surface area contributed by atoms with Crippen molar-refractivity contribution in [2.75, 3.05) is 43.6 Å². The number of aliphatic carboxylic acids is 2. The lowest BCUT2D eigenvalue weighted by Crippen LogP contribution is -2.62. The van der Waals surface area contributed by atoms with E-state index in [1.807, 2.05) is 0 Å². The first kappa shape index (κ1) is 105. The van der Waals surface area contributed by atoms with Crippen LogP contribution in [0.3, 0.4) is 0 Å². The lowest BCUT2D eigenvalue weighted by Gasteiger charge is -2.31. The average Bonchev–Trinajstić information content (AvgIpc) is 0.944. The van der Waals surface area contributed by atoms with Crippen LogP contribution in [-0.2, 0) is 83.1 Å². The molecule has 42 nitrogen and oxygen atoms in total. The fourth-order valence-corrected chi connectivity index (χ4v) is 14.8. The Morgan fingerprint density at radius 3 is 1.69 bits per heavy atom. The SMILES string of the molecule is CC[C@H](C)[C@H](NC(=O)[C@H](CC(=O)O)NC(=O)[C@H](CO)NC(=O)CCNC(=S)Nc1ccc(-c2c3ccc(=O)cc-3oc3cc(O)ccc23)c(C(=O)O)c1)C(=O)N[C@@H](CCSC)C(=O)N[C@@H](CC(=O)O)C(=O)N[C@@H](Cc1ccccc1)C(=O)N[C@H](C(=O)N[C@@H](CC(C)C)C(=O)N[C@@H](CCCCN)C(=O)N[C@@H](CC(N)=O)C(=O)N[C@H](C(=O)N1CCC[C@H]1C(N)=O)[C@@H](C)O)C(C)C. The van der Waals surface area contributed by atoms with Crippen molar-refractivity contribution in [3.05, 3.63) is 106 Å². The Morgan fingerprint density at radius 1 is 0.589 bits per heavy atom. The number of fused-ring (bicyclic) bond motifs is 2. The number of thiocarbonyl (C=S) groups is 1. The maximum atomic E-state index is 14.8. The number of nitrogens with two attached hydrogens (primary N) is 3. The van der Waals surface area contributed by atoms with E-state index in [-0.39, 0.29) is 121 Å². The van der Waals surface area contributed by atoms with Crippen molar-refractivity contribution in [2.24, 2.45) is 35.0 Å². The molecule has 0 aromatic heterocycles. The van der Waals surface area contributed by atoms with Gasteiger partial charge < -0.3 is 126 Å². The number of unbranched alkanes of at least 4 members (excludes halogenated alkanes) is 1. The molecule has 129 heavy (non-hydrogen) atoms. The summed E-state index contributed by atoms with van der Waals surface area (Å²) in [5, 5.41) is 94.6. The predicted octanol–water partition coefficient (Wildman–Crippen LogP) is -1.47. The van der Waals surface area contributed by atoms with E-state index in [2.05, 4.69) is 69.1 Å². The van der Waals surface area contributed by atoms with Crippen LogP contribution in [0.25, 0.3) is 33.4 Å². The maximum Gasteiger partial charge on any atom is 0.336 e. The van der Waals surface area contributed by atoms with Gasteiger partial charge in [-0.25, -0.2) is 4.79 Å². The zero-order valence-electron chi connectivity index (χ0n) is 72.5. The summed E-state index contributed by atoms with van der Waals surface area (Å²) in [5.41, 5.74) is 18.0. The summed E-state index contributed by atoms with van der Waals surface area (Å²) in [5.74, 6) is -21.2. The number of phenolic OH excluding ortho intramolecular Hbond substituents is 1. The molecule has 2 aliphatic heterocycles. The molecule has 1 aliphatic carbocycles. The van der Waals surface area contributed by atoms with Gasteiger partial charge in [-0.05, 0) is 148 Å². The monoisotopic (exact) mass is 1840 g/mol. The van der Waals surface area contributed by atoms with E-state index >= 15 is 0 Å². The standard InChI is InChI=1S/C85H115N17O25S2/c1-9-43(6)70(100-79(120)59(39-67(111)112)97-80(121)60(40-103)91-65(108)26-29-89-85(128)90-46-20-23-49(52(34-46)84(125)126)68-50-24-21-47(105)35-62(50)127-63-36-48(106)22-25-51(63)68)82(123)93-54(27-31-129-8)74(115)96-58(38-66(109)110)76(117)94-56(33-45-16-11-10-12-17-45)77(118)99-69(42(4)5)81(122)98-55(32-41(2)3)75(116)92-53(18-13-14-28-86)73(114)95-57(37-64(87)107)78(119)101-71(44(7)104)83(124)102-30-15-19-61(102)72(88)113/h10-12,16-17,20-25,34-36,41-44,53-61,69-71,103-105H,9,13-15,18-19,26-33,37-40,86H2,1-8H3,(H2,87,107)(H2,88,113)(H,91,108)(H,92,116)(H,93,123)(H,94,117)(H,95,114)(H,96,115)(H,97,121)(H,98,122)(H,99,118)(H,100,120)(H,101,119)(H,109,110)(H,111,112)(H,125,126)(H2,89,90,128)/t43-,44+,53-,54-,55-,56-,57-,58-,59-,60-,61-,69-,70-,71-/m0/s1. The highest BCUT2D eigenvalue weighted by Crippen LogP contribution is 2.42. The number of hydrogen-bond donors (Lipinski definition) is 22. The normalized spacial score (nSPS) is 15.4. The first-order valence-electron chi connectivity index (χ1n) is 41.8. The molecule has 14 amide bonds. The highest BCUT2D eigenvalue weighted by atomic mass is 32.2. The second-order valence-electron chi connectivity index (χ2n) is 31.9. The van der Waals surface area contributed by atoms with Gasteiger partial charge in [0.2, 0.25) is 82.7 Å². The summed E-state index contributed by atoms with van der Waals surface area (Å²) >= 11 is 6.62. The number of hydrogen-bond acceptors (Lipinski definition) is 25. The van der Waals surface area contributed by atoms with Crippen molar-refractivity contribution in [3.63, 3.8) is 0 Å². The van der Waals surface area contributed by atoms with Crippen molar-refractivity contribution in [2.45, 2.75) is 211 Å². The summed E-state index contributed by atoms with van der Waals surface area (Å²) in [6.45, 7) is 9.72. The number of anilines is 1. The minimum atomic E-state index is -2.01. The second-order valence-corrected chi connectivity index (χ2v) is 33.3. The second kappa shape index (κ2) is 50.6. The van der Waals surface area contributed by atoms with E-state index in [0.717, 1.165) is 4.90 Å². The zero-order valence-corrected chi connectivity index (χ0v) is 74.1. The molecule has 3 aliphatic rings. The molecule has 0 radical (unpaired) electrons. The van der Waals surface area contributed by atoms with Gasteiger partial charge in [0.15, 0.2) is 10.5 Å². The fourth-order valence-electron chi connectivity index (χ4n) is 14.1. The third-order valence-corrected chi connectivity index (χ3v) is 21.9. The Hall–Kier alpha value is -12.9. The van der Waals surface area contributed by atoms with Crippen LogP contribution >= 0.6 is 24.0 Å². The third-order valence-electron chi connectivity index (χ3n) is 21.0. The number of nitrogens with zero attached hydrogens (tertiary/aromatic N) is 1. The number of aromatic carboxylic acids is 1. The smallest absolute Gasteiger partial charge is 0.336 e. The number of amides is 14. The lowest BCUT2D eigenvalue weighted by atomic mass is 9.90. The molecule has 0 bridgehead atoms. The van der Waals surface area contributed by atoms with Crippen LogP contribution in [0.1, 0.15) is 141 Å². The summed E-state index contributed by atoms with van der Waals surface area (Å²) in [6, 6.07) is 0.848. The van der Waals surface area contributed by atoms with Crippen LogP contribution in [0, 0.1) is 17.8 Å². The van der Waals surface area contributed by atoms with Gasteiger partial charge in [-0.2, -0.15) is 11.8 Å². The number of aromatic hydroxyl groups is 1. The number of carbonyl (C=O) groups is 17. The average molecular weight is 1840 g/mol. The highest BCUT2D eigenvalue weighted by Gasteiger charge is 2.43. The molecule has 702 valence electrons. The van der Waals surface area contributed by atoms with Crippen LogP contribution in [0.5, 0.6) is 5.75 Å². The van der Waals surface area contributed by atoms with Gasteiger partial charge in [-0.3, -0.25) is 81.5 Å². The number of benzene rings is 4. The van der Waals surface area contributed by atoms with Gasteiger partial charge >= 0.3 is 17.9 Å². The number of thioether (sulfide) groups is 1. The fraction of sp³-hybridized carbons (Fsp3) is 0.494. The van der Waals surface area contributed by atoms with Gasteiger partial charge in [0.1, 0.15) is 89.6 Å². The molecular weight excluding hydrogens is 1720 g/mol. The number of carboxylic acid groups (broad SMARTS) is 3. The number of aliphatic hydroxyl groups excluding tert-OH is 2. The zero-order chi connectivity index (χ0) is 95.8. The predicted molar refractivity (Wildman–Crippen MR) is 474 cm³/mol. The molecule has 6 rings (SSSR count). The number of phenols is 1. The van der Waals surface area contributed by atoms with Gasteiger partial charge in [-0.15, -0.1) is 0 Å². The lowest BCUT2D eigenvalue weighted by molar-refractivity contribution is -0.143. The van der Waals surface area contributed by atoms with Crippen molar-refractivity contribution < 1.29 is 117 Å². The molecule has 44 heteroatoms. The van der Waals surface area contributed by atoms with E-state index in [1.54, 1.807) is 71.2 Å². The Bertz CT molecular complexity index is 4920. The molecule has 1 saturated heterocycles. The first-order valence-corrected chi connectivity index (χ1v) is 43.6. The van der Waals surface area contributed by atoms with Crippen molar-refractivity contribution in [1.29, 1.82) is 0 Å². The Kier molecular flexibility index (Phi) is 41.1. The minimum absolute atomic E-state index is 0.0679. The van der Waals surface area contributed by atoms with Crippen LogP contribution in [-0.4, -0.2) is 258 Å². The van der Waals surface area contributed by atoms with E-state index in [0.29, 0.717) is 34.9 Å². The Balaban J connectivity index is 1.12. The van der Waals surface area contributed by atoms with E-state index in [1.165, 1.54) is 80.2 Å². The van der Waals surface area contributed by atoms with Gasteiger partial charge in [0.25, 0.3) is 0 Å². The number of carboxylic acids is 3. The van der Waals surface area contributed by atoms with Gasteiger partial charge in [0, 0.05) is 60.3 Å². The molecule has 0 saturated carbocycles. The molecular formula is C85H115N17O25S2. The van der Waals surface area contributed by atoms with Crippen molar-refractivity contribution in [1.82, 2.24) is 68.7 Å². The van der Waals surface area contributed by atoms with Crippen molar-refractivity contribution in [3.8, 4) is 28.2 Å². The third kappa shape index (κ3) is 31.8. The molecule has 1 fully saturated rings.